The highest BCUT2D eigenvalue weighted by Gasteiger charge is 2.26. The topological polar surface area (TPSA) is 24.8 Å². The number of hydrogen-bond donors (Lipinski definition) is 1. The number of hydrogen-bond acceptors (Lipinski definition) is 0. The van der Waals surface area contributed by atoms with Crippen molar-refractivity contribution in [1.82, 2.24) is 9.55 Å². The molecule has 3 aromatic carbocycles. The Morgan fingerprint density at radius 1 is 0.806 bits per heavy atom. The molecule has 6 heteroatoms. The van der Waals surface area contributed by atoms with Gasteiger partial charge in [0.1, 0.15) is 5.69 Å². The zero-order valence-electron chi connectivity index (χ0n) is 16.2. The van der Waals surface area contributed by atoms with Crippen LogP contribution in [0.3, 0.4) is 0 Å². The van der Waals surface area contributed by atoms with Crippen LogP contribution in [0.5, 0.6) is 0 Å². The van der Waals surface area contributed by atoms with Crippen LogP contribution in [0, 0.1) is 0 Å². The molecule has 0 unspecified atom stereocenters. The van der Waals surface area contributed by atoms with Gasteiger partial charge in [-0.2, -0.15) is 8.97 Å². The average molecular weight is 554 g/mol. The number of halogens is 3. The number of aromatic nitrogens is 3. The summed E-state index contributed by atoms with van der Waals surface area (Å²) in [6, 6.07) is 27.4. The minimum atomic E-state index is 0. The van der Waals surface area contributed by atoms with Crippen molar-refractivity contribution in [3.63, 3.8) is 0 Å². The number of benzene rings is 3. The summed E-state index contributed by atoms with van der Waals surface area (Å²) in [6.45, 7) is 0. The number of nitrogens with one attached hydrogen (secondary N) is 1. The molecule has 0 aliphatic carbocycles. The highest BCUT2D eigenvalue weighted by molar-refractivity contribution is 9.10. The van der Waals surface area contributed by atoms with Gasteiger partial charge in [-0.15, -0.1) is 0 Å². The van der Waals surface area contributed by atoms with Crippen LogP contribution in [0.1, 0.15) is 0 Å². The summed E-state index contributed by atoms with van der Waals surface area (Å²) >= 11 is 7.40. The normalized spacial score (nSPS) is 11.3. The van der Waals surface area contributed by atoms with E-state index in [4.69, 9.17) is 0 Å². The Balaban J connectivity index is 0.00000204. The molecule has 3 aromatic heterocycles. The van der Waals surface area contributed by atoms with Crippen molar-refractivity contribution in [1.29, 1.82) is 0 Å². The van der Waals surface area contributed by atoms with Crippen LogP contribution in [0.15, 0.2) is 100 Å². The molecule has 0 aliphatic heterocycles. The van der Waals surface area contributed by atoms with Gasteiger partial charge < -0.3 is 17.4 Å². The fourth-order valence-corrected chi connectivity index (χ4v) is 5.07. The van der Waals surface area contributed by atoms with E-state index >= 15 is 0 Å². The number of aromatic amines is 1. The molecule has 3 nitrogen and oxygen atoms in total. The first-order valence-corrected chi connectivity index (χ1v) is 11.3. The van der Waals surface area contributed by atoms with Crippen LogP contribution in [0.25, 0.3) is 44.3 Å². The van der Waals surface area contributed by atoms with E-state index in [-0.39, 0.29) is 12.4 Å². The lowest BCUT2D eigenvalue weighted by Crippen LogP contribution is -3.00. The van der Waals surface area contributed by atoms with Gasteiger partial charge in [-0.25, -0.2) is 0 Å². The Bertz CT molecular complexity index is 1570. The van der Waals surface area contributed by atoms with E-state index < -0.39 is 0 Å². The van der Waals surface area contributed by atoms with Gasteiger partial charge in [-0.1, -0.05) is 62.2 Å². The van der Waals surface area contributed by atoms with E-state index in [0.29, 0.717) is 0 Å². The van der Waals surface area contributed by atoms with Crippen LogP contribution in [0.4, 0.5) is 0 Å². The first kappa shape index (κ1) is 20.3. The van der Waals surface area contributed by atoms with Crippen molar-refractivity contribution in [2.45, 2.75) is 0 Å². The molecule has 6 aromatic rings. The summed E-state index contributed by atoms with van der Waals surface area (Å²) in [5, 5.41) is 2.43. The van der Waals surface area contributed by atoms with Gasteiger partial charge in [0, 0.05) is 30.8 Å². The van der Waals surface area contributed by atoms with Gasteiger partial charge in [-0.3, -0.25) is 0 Å². The molecular weight excluding hydrogens is 538 g/mol. The summed E-state index contributed by atoms with van der Waals surface area (Å²) in [7, 11) is 0. The van der Waals surface area contributed by atoms with E-state index in [1.165, 1.54) is 10.8 Å². The number of rotatable bonds is 2. The highest BCUT2D eigenvalue weighted by atomic mass is 79.9. The van der Waals surface area contributed by atoms with Crippen LogP contribution < -0.4 is 16.8 Å². The molecule has 0 atom stereocenters. The smallest absolute Gasteiger partial charge is 0.254 e. The number of fused-ring (bicyclic) bond motifs is 5. The number of imidazole rings is 1. The van der Waals surface area contributed by atoms with E-state index in [0.717, 1.165) is 42.4 Å². The van der Waals surface area contributed by atoms with Crippen molar-refractivity contribution in [2.24, 2.45) is 0 Å². The molecule has 3 heterocycles. The summed E-state index contributed by atoms with van der Waals surface area (Å²) in [4.78, 5) is 3.67. The second-order valence-electron chi connectivity index (χ2n) is 7.32. The maximum atomic E-state index is 3.78. The van der Waals surface area contributed by atoms with Crippen LogP contribution in [-0.2, 0) is 0 Å². The molecule has 6 rings (SSSR count). The molecule has 0 fully saturated rings. The van der Waals surface area contributed by atoms with Crippen molar-refractivity contribution in [3.8, 4) is 16.9 Å². The molecule has 1 N–H and O–H groups in total. The standard InChI is InChI=1S/C25H16Br2N3.ClH/c26-16-10-11-22-20(14-16)18-12-13-29-15-30(17-6-2-1-3-7-17)24(25(29)23(18)28-22)19-8-4-5-9-21(19)27;/h1-15,28H;1H/q+1;/p-1. The number of nitrogens with zero attached hydrogens (tertiary/aromatic N) is 2. The molecule has 31 heavy (non-hydrogen) atoms. The molecule has 0 saturated carbocycles. The molecule has 0 saturated heterocycles. The number of para-hydroxylation sites is 1. The molecule has 0 bridgehead atoms. The monoisotopic (exact) mass is 551 g/mol. The lowest BCUT2D eigenvalue weighted by molar-refractivity contribution is -0.510. The van der Waals surface area contributed by atoms with Crippen LogP contribution in [0.2, 0.25) is 0 Å². The number of H-pyrrole nitrogens is 1. The number of pyridine rings is 1. The maximum absolute atomic E-state index is 3.78. The predicted octanol–water partition coefficient (Wildman–Crippen LogP) is 4.05. The third-order valence-corrected chi connectivity index (χ3v) is 6.75. The van der Waals surface area contributed by atoms with Crippen LogP contribution in [-0.4, -0.2) is 9.55 Å². The van der Waals surface area contributed by atoms with Gasteiger partial charge >= 0.3 is 0 Å². The van der Waals surface area contributed by atoms with Gasteiger partial charge in [0.15, 0.2) is 5.69 Å². The Morgan fingerprint density at radius 2 is 1.58 bits per heavy atom. The van der Waals surface area contributed by atoms with Crippen molar-refractivity contribution < 1.29 is 16.8 Å². The van der Waals surface area contributed by atoms with Gasteiger partial charge in [-0.05, 0) is 48.5 Å². The Morgan fingerprint density at radius 3 is 2.39 bits per heavy atom. The molecule has 0 radical (unpaired) electrons. The van der Waals surface area contributed by atoms with Crippen molar-refractivity contribution in [3.05, 3.63) is 100 Å². The summed E-state index contributed by atoms with van der Waals surface area (Å²) in [6.07, 6.45) is 4.30. The van der Waals surface area contributed by atoms with Crippen molar-refractivity contribution in [2.75, 3.05) is 0 Å². The Hall–Kier alpha value is -2.60. The zero-order chi connectivity index (χ0) is 20.2. The lowest BCUT2D eigenvalue weighted by Gasteiger charge is -2.04. The second-order valence-corrected chi connectivity index (χ2v) is 9.09. The van der Waals surface area contributed by atoms with E-state index in [9.17, 15) is 0 Å². The summed E-state index contributed by atoms with van der Waals surface area (Å²) in [5.74, 6) is 0. The molecule has 0 aliphatic rings. The molecular formula is C25H16Br2ClN3. The summed E-state index contributed by atoms with van der Waals surface area (Å²) in [5.41, 5.74) is 6.83. The molecule has 0 amide bonds. The highest BCUT2D eigenvalue weighted by Crippen LogP contribution is 2.37. The maximum Gasteiger partial charge on any atom is 0.254 e. The summed E-state index contributed by atoms with van der Waals surface area (Å²) < 4.78 is 6.61. The fourth-order valence-electron chi connectivity index (χ4n) is 4.23. The third-order valence-electron chi connectivity index (χ3n) is 5.57. The second kappa shape index (κ2) is 7.83. The Labute approximate surface area is 202 Å². The minimum absolute atomic E-state index is 0. The zero-order valence-corrected chi connectivity index (χ0v) is 20.1. The predicted molar refractivity (Wildman–Crippen MR) is 129 cm³/mol. The largest absolute Gasteiger partial charge is 1.00 e. The van der Waals surface area contributed by atoms with Gasteiger partial charge in [0.2, 0.25) is 5.52 Å². The third kappa shape index (κ3) is 3.19. The van der Waals surface area contributed by atoms with Crippen LogP contribution >= 0.6 is 31.9 Å². The quantitative estimate of drug-likeness (QED) is 0.313. The first-order valence-electron chi connectivity index (χ1n) is 9.67. The van der Waals surface area contributed by atoms with E-state index in [1.54, 1.807) is 0 Å². The van der Waals surface area contributed by atoms with Gasteiger partial charge in [0.05, 0.1) is 11.7 Å². The van der Waals surface area contributed by atoms with Crippen molar-refractivity contribution >= 4 is 59.2 Å². The van der Waals surface area contributed by atoms with E-state index in [2.05, 4.69) is 131 Å². The Kier molecular flexibility index (Phi) is 5.13. The van der Waals surface area contributed by atoms with E-state index in [1.807, 2.05) is 6.07 Å². The van der Waals surface area contributed by atoms with Gasteiger partial charge in [0.25, 0.3) is 6.33 Å². The lowest BCUT2D eigenvalue weighted by atomic mass is 10.1. The first-order chi connectivity index (χ1) is 14.7. The molecule has 152 valence electrons. The minimum Gasteiger partial charge on any atom is -1.00 e. The molecule has 0 spiro atoms. The average Bonchev–Trinajstić information content (AvgIpc) is 3.33. The SMILES string of the molecule is Brc1ccc2[nH]c3c(cc[n+]4cn(-c5ccccc5)c(-c5ccccc5Br)c34)c2c1.[Cl-]. The fraction of sp³-hybridized carbons (Fsp3) is 0.